The number of carbonyl (C=O) groups is 1. The van der Waals surface area contributed by atoms with Crippen molar-refractivity contribution in [2.45, 2.75) is 13.3 Å². The van der Waals surface area contributed by atoms with Gasteiger partial charge in [-0.3, -0.25) is 19.9 Å². The topological polar surface area (TPSA) is 85.1 Å². The summed E-state index contributed by atoms with van der Waals surface area (Å²) in [5.41, 5.74) is 2.56. The number of fused-ring (bicyclic) bond motifs is 1. The maximum atomic E-state index is 12.2. The zero-order valence-electron chi connectivity index (χ0n) is 13.7. The lowest BCUT2D eigenvalue weighted by atomic mass is 10.1. The predicted molar refractivity (Wildman–Crippen MR) is 95.6 cm³/mol. The Morgan fingerprint density at radius 2 is 1.96 bits per heavy atom. The molecule has 1 heterocycles. The molecule has 3 aromatic rings. The number of amides is 1. The van der Waals surface area contributed by atoms with E-state index in [-0.39, 0.29) is 17.2 Å². The molecule has 0 aliphatic heterocycles. The van der Waals surface area contributed by atoms with Gasteiger partial charge in [-0.1, -0.05) is 30.3 Å². The van der Waals surface area contributed by atoms with Crippen LogP contribution in [0.4, 0.5) is 5.69 Å². The summed E-state index contributed by atoms with van der Waals surface area (Å²) in [6, 6.07) is 16.3. The van der Waals surface area contributed by atoms with E-state index in [0.717, 1.165) is 16.6 Å². The third-order valence-corrected chi connectivity index (χ3v) is 3.99. The minimum atomic E-state index is -0.481. The van der Waals surface area contributed by atoms with Crippen molar-refractivity contribution in [2.24, 2.45) is 0 Å². The largest absolute Gasteiger partial charge is 0.352 e. The average molecular weight is 335 g/mol. The molecule has 0 saturated heterocycles. The SMILES string of the molecule is Cc1ccc(C(=O)NCCc2ccc3ccccc3n2)cc1[N+](=O)[O-]. The molecule has 1 N–H and O–H groups in total. The summed E-state index contributed by atoms with van der Waals surface area (Å²) in [5.74, 6) is -0.330. The highest BCUT2D eigenvalue weighted by Crippen LogP contribution is 2.19. The molecule has 6 nitrogen and oxygen atoms in total. The van der Waals surface area contributed by atoms with Gasteiger partial charge in [-0.05, 0) is 25.1 Å². The molecule has 0 radical (unpaired) electrons. The lowest BCUT2D eigenvalue weighted by Gasteiger charge is -2.07. The number of pyridine rings is 1. The lowest BCUT2D eigenvalue weighted by molar-refractivity contribution is -0.385. The minimum Gasteiger partial charge on any atom is -0.352 e. The van der Waals surface area contributed by atoms with Crippen LogP contribution in [0.5, 0.6) is 0 Å². The number of para-hydroxylation sites is 1. The van der Waals surface area contributed by atoms with E-state index >= 15 is 0 Å². The van der Waals surface area contributed by atoms with E-state index in [1.165, 1.54) is 6.07 Å². The normalized spacial score (nSPS) is 10.6. The highest BCUT2D eigenvalue weighted by molar-refractivity contribution is 5.95. The van der Waals surface area contributed by atoms with Gasteiger partial charge in [0.25, 0.3) is 11.6 Å². The molecule has 0 atom stereocenters. The van der Waals surface area contributed by atoms with Crippen LogP contribution in [0.3, 0.4) is 0 Å². The fourth-order valence-electron chi connectivity index (χ4n) is 2.60. The van der Waals surface area contributed by atoms with E-state index in [1.54, 1.807) is 19.1 Å². The van der Waals surface area contributed by atoms with Gasteiger partial charge in [-0.25, -0.2) is 0 Å². The molecule has 1 aromatic heterocycles. The average Bonchev–Trinajstić information content (AvgIpc) is 2.61. The van der Waals surface area contributed by atoms with Crippen LogP contribution in [0.1, 0.15) is 21.6 Å². The van der Waals surface area contributed by atoms with Gasteiger partial charge in [-0.2, -0.15) is 0 Å². The van der Waals surface area contributed by atoms with Crippen LogP contribution >= 0.6 is 0 Å². The van der Waals surface area contributed by atoms with E-state index in [0.29, 0.717) is 18.5 Å². The van der Waals surface area contributed by atoms with Gasteiger partial charge in [0.05, 0.1) is 10.4 Å². The van der Waals surface area contributed by atoms with Crippen LogP contribution in [-0.2, 0) is 6.42 Å². The standard InChI is InChI=1S/C19H17N3O3/c1-13-6-7-15(12-18(13)22(24)25)19(23)20-11-10-16-9-8-14-4-2-3-5-17(14)21-16/h2-9,12H,10-11H2,1H3,(H,20,23). The van der Waals surface area contributed by atoms with E-state index in [2.05, 4.69) is 10.3 Å². The Morgan fingerprint density at radius 3 is 2.76 bits per heavy atom. The monoisotopic (exact) mass is 335 g/mol. The summed E-state index contributed by atoms with van der Waals surface area (Å²) in [7, 11) is 0. The molecule has 0 aliphatic carbocycles. The number of rotatable bonds is 5. The number of nitro benzene ring substituents is 1. The number of nitro groups is 1. The maximum Gasteiger partial charge on any atom is 0.273 e. The number of aryl methyl sites for hydroxylation is 1. The quantitative estimate of drug-likeness (QED) is 0.572. The summed E-state index contributed by atoms with van der Waals surface area (Å²) >= 11 is 0. The van der Waals surface area contributed by atoms with Crippen molar-refractivity contribution >= 4 is 22.5 Å². The fraction of sp³-hybridized carbons (Fsp3) is 0.158. The number of aromatic nitrogens is 1. The molecule has 3 rings (SSSR count). The molecule has 1 amide bonds. The molecule has 2 aromatic carbocycles. The van der Waals surface area contributed by atoms with E-state index in [4.69, 9.17) is 0 Å². The van der Waals surface area contributed by atoms with Crippen molar-refractivity contribution in [3.8, 4) is 0 Å². The maximum absolute atomic E-state index is 12.2. The molecule has 25 heavy (non-hydrogen) atoms. The van der Waals surface area contributed by atoms with Crippen molar-refractivity contribution in [2.75, 3.05) is 6.54 Å². The number of carbonyl (C=O) groups excluding carboxylic acids is 1. The van der Waals surface area contributed by atoms with E-state index < -0.39 is 4.92 Å². The van der Waals surface area contributed by atoms with Crippen molar-refractivity contribution in [3.05, 3.63) is 81.5 Å². The summed E-state index contributed by atoms with van der Waals surface area (Å²) in [4.78, 5) is 27.2. The van der Waals surface area contributed by atoms with Gasteiger partial charge in [0.1, 0.15) is 0 Å². The summed E-state index contributed by atoms with van der Waals surface area (Å²) in [6.07, 6.45) is 0.588. The third-order valence-electron chi connectivity index (χ3n) is 3.99. The van der Waals surface area contributed by atoms with Crippen molar-refractivity contribution in [3.63, 3.8) is 0 Å². The number of nitrogens with zero attached hydrogens (tertiary/aromatic N) is 2. The van der Waals surface area contributed by atoms with Crippen LogP contribution in [0.2, 0.25) is 0 Å². The molecular formula is C19H17N3O3. The molecule has 0 fully saturated rings. The second-order valence-electron chi connectivity index (χ2n) is 5.76. The first kappa shape index (κ1) is 16.6. The van der Waals surface area contributed by atoms with Crippen LogP contribution in [-0.4, -0.2) is 22.4 Å². The molecule has 0 bridgehead atoms. The Bertz CT molecular complexity index is 954. The molecule has 126 valence electrons. The number of nitrogens with one attached hydrogen (secondary N) is 1. The second kappa shape index (κ2) is 7.09. The van der Waals surface area contributed by atoms with E-state index in [1.807, 2.05) is 36.4 Å². The Labute approximate surface area is 144 Å². The van der Waals surface area contributed by atoms with Crippen molar-refractivity contribution < 1.29 is 9.72 Å². The Kier molecular flexibility index (Phi) is 4.70. The minimum absolute atomic E-state index is 0.0520. The van der Waals surface area contributed by atoms with Gasteiger partial charge in [-0.15, -0.1) is 0 Å². The second-order valence-corrected chi connectivity index (χ2v) is 5.76. The highest BCUT2D eigenvalue weighted by atomic mass is 16.6. The van der Waals surface area contributed by atoms with Gasteiger partial charge in [0.2, 0.25) is 0 Å². The predicted octanol–water partition coefficient (Wildman–Crippen LogP) is 3.42. The van der Waals surface area contributed by atoms with Crippen LogP contribution < -0.4 is 5.32 Å². The summed E-state index contributed by atoms with van der Waals surface area (Å²) in [5, 5.41) is 14.8. The summed E-state index contributed by atoms with van der Waals surface area (Å²) < 4.78 is 0. The fourth-order valence-corrected chi connectivity index (χ4v) is 2.60. The molecular weight excluding hydrogens is 318 g/mol. The van der Waals surface area contributed by atoms with Crippen molar-refractivity contribution in [1.82, 2.24) is 10.3 Å². The van der Waals surface area contributed by atoms with Gasteiger partial charge < -0.3 is 5.32 Å². The highest BCUT2D eigenvalue weighted by Gasteiger charge is 2.14. The van der Waals surface area contributed by atoms with Gasteiger partial charge in [0.15, 0.2) is 0 Å². The first-order valence-electron chi connectivity index (χ1n) is 7.92. The van der Waals surface area contributed by atoms with E-state index in [9.17, 15) is 14.9 Å². The molecule has 0 saturated carbocycles. The zero-order valence-corrected chi connectivity index (χ0v) is 13.7. The first-order chi connectivity index (χ1) is 12.0. The van der Waals surface area contributed by atoms with Gasteiger partial charge in [0, 0.05) is 41.2 Å². The third kappa shape index (κ3) is 3.80. The van der Waals surface area contributed by atoms with Crippen LogP contribution in [0.25, 0.3) is 10.9 Å². The number of benzene rings is 2. The molecule has 0 unspecified atom stereocenters. The lowest BCUT2D eigenvalue weighted by Crippen LogP contribution is -2.26. The molecule has 0 spiro atoms. The van der Waals surface area contributed by atoms with Crippen LogP contribution in [0, 0.1) is 17.0 Å². The molecule has 0 aliphatic rings. The Morgan fingerprint density at radius 1 is 1.16 bits per heavy atom. The number of hydrogen-bond acceptors (Lipinski definition) is 4. The summed E-state index contributed by atoms with van der Waals surface area (Å²) in [6.45, 7) is 2.05. The van der Waals surface area contributed by atoms with Crippen molar-refractivity contribution in [1.29, 1.82) is 0 Å². The Balaban J connectivity index is 1.64. The van der Waals surface area contributed by atoms with Crippen LogP contribution in [0.15, 0.2) is 54.6 Å². The number of hydrogen-bond donors (Lipinski definition) is 1. The smallest absolute Gasteiger partial charge is 0.273 e. The zero-order chi connectivity index (χ0) is 17.8. The van der Waals surface area contributed by atoms with Gasteiger partial charge >= 0.3 is 0 Å². The molecule has 6 heteroatoms. The first-order valence-corrected chi connectivity index (χ1v) is 7.92. The Hall–Kier alpha value is -3.28.